The summed E-state index contributed by atoms with van der Waals surface area (Å²) in [5.74, 6) is 0.786. The number of nitrogens with zero attached hydrogens (tertiary/aromatic N) is 1. The number of pyridine rings is 1. The zero-order chi connectivity index (χ0) is 17.8. The fraction of sp³-hybridized carbons (Fsp3) is 0.682. The van der Waals surface area contributed by atoms with E-state index < -0.39 is 0 Å². The summed E-state index contributed by atoms with van der Waals surface area (Å²) >= 11 is 0. The van der Waals surface area contributed by atoms with Crippen LogP contribution in [-0.4, -0.2) is 4.98 Å². The highest BCUT2D eigenvalue weighted by Gasteiger charge is 2.08. The van der Waals surface area contributed by atoms with Crippen molar-refractivity contribution in [3.63, 3.8) is 0 Å². The lowest BCUT2D eigenvalue weighted by atomic mass is 9.89. The maximum atomic E-state index is 5.27. The summed E-state index contributed by atoms with van der Waals surface area (Å²) in [6.45, 7) is 9.16. The van der Waals surface area contributed by atoms with Crippen molar-refractivity contribution in [2.45, 2.75) is 91.9 Å². The van der Waals surface area contributed by atoms with Crippen LogP contribution in [0.3, 0.4) is 0 Å². The number of anilines is 1. The quantitative estimate of drug-likeness (QED) is 0.290. The van der Waals surface area contributed by atoms with Crippen LogP contribution in [0.5, 0.6) is 0 Å². The fourth-order valence-electron chi connectivity index (χ4n) is 3.06. The van der Waals surface area contributed by atoms with Gasteiger partial charge in [0.1, 0.15) is 5.82 Å². The predicted molar refractivity (Wildman–Crippen MR) is 106 cm³/mol. The largest absolute Gasteiger partial charge is 0.300 e. The Morgan fingerprint density at radius 2 is 1.62 bits per heavy atom. The number of hydrogen-bond acceptors (Lipinski definition) is 2. The number of aryl methyl sites for hydroxylation is 2. The van der Waals surface area contributed by atoms with E-state index >= 15 is 0 Å². The Hall–Kier alpha value is -1.49. The average molecular weight is 329 g/mol. The van der Waals surface area contributed by atoms with E-state index in [9.17, 15) is 0 Å². The van der Waals surface area contributed by atoms with Gasteiger partial charge >= 0.3 is 0 Å². The number of rotatable bonds is 11. The second kappa shape index (κ2) is 11.1. The van der Waals surface area contributed by atoms with Crippen molar-refractivity contribution in [1.29, 1.82) is 0 Å². The molecule has 1 heterocycles. The van der Waals surface area contributed by atoms with Crippen LogP contribution in [-0.2, 0) is 12.8 Å². The van der Waals surface area contributed by atoms with E-state index in [0.717, 1.165) is 18.7 Å². The van der Waals surface area contributed by atoms with E-state index in [1.54, 1.807) is 0 Å². The summed E-state index contributed by atoms with van der Waals surface area (Å²) in [5.41, 5.74) is 3.05. The minimum Gasteiger partial charge on any atom is -0.300 e. The number of unbranched alkanes of at least 4 members (excludes halogenated alkanes) is 6. The van der Waals surface area contributed by atoms with Crippen molar-refractivity contribution in [2.75, 3.05) is 5.32 Å². The van der Waals surface area contributed by atoms with Gasteiger partial charge in [0.05, 0.1) is 0 Å². The van der Waals surface area contributed by atoms with Crippen LogP contribution in [0.2, 0.25) is 0 Å². The van der Waals surface area contributed by atoms with Gasteiger partial charge in [0.15, 0.2) is 0 Å². The van der Waals surface area contributed by atoms with Gasteiger partial charge < -0.3 is 0 Å². The lowest BCUT2D eigenvalue weighted by Crippen LogP contribution is -2.03. The van der Waals surface area contributed by atoms with E-state index in [2.05, 4.69) is 50.1 Å². The van der Waals surface area contributed by atoms with Gasteiger partial charge in [0, 0.05) is 11.7 Å². The molecule has 134 valence electrons. The monoisotopic (exact) mass is 328 g/mol. The van der Waals surface area contributed by atoms with Crippen molar-refractivity contribution in [3.05, 3.63) is 23.4 Å². The van der Waals surface area contributed by atoms with Crippen molar-refractivity contribution in [2.24, 2.45) is 5.41 Å². The van der Waals surface area contributed by atoms with Crippen LogP contribution in [0, 0.1) is 17.9 Å². The molecule has 0 bridgehead atoms. The van der Waals surface area contributed by atoms with Gasteiger partial charge in [-0.05, 0) is 42.7 Å². The third-order valence-electron chi connectivity index (χ3n) is 4.48. The fourth-order valence-corrected chi connectivity index (χ4v) is 3.06. The molecule has 0 unspecified atom stereocenters. The molecule has 2 nitrogen and oxygen atoms in total. The third-order valence-corrected chi connectivity index (χ3v) is 4.48. The van der Waals surface area contributed by atoms with Gasteiger partial charge in [-0.25, -0.2) is 4.98 Å². The molecule has 24 heavy (non-hydrogen) atoms. The molecular formula is C22H36N2. The highest BCUT2D eigenvalue weighted by molar-refractivity contribution is 5.42. The molecule has 1 N–H and O–H groups in total. The molecule has 0 saturated heterocycles. The summed E-state index contributed by atoms with van der Waals surface area (Å²) in [5, 5.41) is 2.84. The predicted octanol–water partition coefficient (Wildman–Crippen LogP) is 6.36. The van der Waals surface area contributed by atoms with E-state index in [0.29, 0.717) is 5.41 Å². The van der Waals surface area contributed by atoms with Crippen molar-refractivity contribution >= 4 is 5.82 Å². The molecule has 0 fully saturated rings. The van der Waals surface area contributed by atoms with Gasteiger partial charge in [-0.3, -0.25) is 5.32 Å². The van der Waals surface area contributed by atoms with E-state index in [4.69, 9.17) is 6.42 Å². The zero-order valence-electron chi connectivity index (χ0n) is 16.3. The molecule has 0 aromatic carbocycles. The molecule has 0 aliphatic carbocycles. The van der Waals surface area contributed by atoms with Crippen LogP contribution in [0.4, 0.5) is 5.82 Å². The number of terminal acetylenes is 1. The molecule has 1 aromatic rings. The van der Waals surface area contributed by atoms with E-state index in [1.807, 2.05) is 6.07 Å². The molecule has 0 radical (unpaired) electrons. The van der Waals surface area contributed by atoms with Gasteiger partial charge in [-0.15, -0.1) is 0 Å². The minimum atomic E-state index is 0.496. The Balaban J connectivity index is 2.16. The topological polar surface area (TPSA) is 24.9 Å². The summed E-state index contributed by atoms with van der Waals surface area (Å²) < 4.78 is 0. The van der Waals surface area contributed by atoms with Crippen molar-refractivity contribution in [1.82, 2.24) is 4.98 Å². The molecular weight excluding hydrogens is 292 g/mol. The average Bonchev–Trinajstić information content (AvgIpc) is 2.53. The molecule has 0 spiro atoms. The molecule has 0 atom stereocenters. The van der Waals surface area contributed by atoms with Gasteiger partial charge in [0.25, 0.3) is 0 Å². The first kappa shape index (κ1) is 20.6. The van der Waals surface area contributed by atoms with Gasteiger partial charge in [0.2, 0.25) is 0 Å². The van der Waals surface area contributed by atoms with Gasteiger partial charge in [-0.1, -0.05) is 78.7 Å². The molecule has 0 saturated carbocycles. The van der Waals surface area contributed by atoms with Crippen molar-refractivity contribution in [3.8, 4) is 12.5 Å². The van der Waals surface area contributed by atoms with Crippen LogP contribution >= 0.6 is 0 Å². The molecule has 0 aliphatic rings. The Morgan fingerprint density at radius 1 is 1.00 bits per heavy atom. The SMILES string of the molecule is C#CNc1ccc(CCCCCCCCCC(C)(C)C)c(CC)n1. The van der Waals surface area contributed by atoms with Gasteiger partial charge in [-0.2, -0.15) is 0 Å². The Bertz CT molecular complexity index is 506. The Labute approximate surface area is 149 Å². The lowest BCUT2D eigenvalue weighted by Gasteiger charge is -2.17. The lowest BCUT2D eigenvalue weighted by molar-refractivity contribution is 0.356. The molecule has 1 rings (SSSR count). The molecule has 2 heteroatoms. The number of aromatic nitrogens is 1. The Morgan fingerprint density at radius 3 is 2.21 bits per heavy atom. The maximum Gasteiger partial charge on any atom is 0.137 e. The highest BCUT2D eigenvalue weighted by Crippen LogP contribution is 2.22. The first-order chi connectivity index (χ1) is 11.5. The highest BCUT2D eigenvalue weighted by atomic mass is 15.0. The maximum absolute atomic E-state index is 5.27. The summed E-state index contributed by atoms with van der Waals surface area (Å²) in [7, 11) is 0. The van der Waals surface area contributed by atoms with Crippen molar-refractivity contribution < 1.29 is 0 Å². The van der Waals surface area contributed by atoms with Crippen LogP contribution < -0.4 is 5.32 Å². The normalized spacial score (nSPS) is 11.3. The summed E-state index contributed by atoms with van der Waals surface area (Å²) in [6, 6.07) is 6.60. The second-order valence-electron chi connectivity index (χ2n) is 7.96. The molecule has 1 aromatic heterocycles. The first-order valence-corrected chi connectivity index (χ1v) is 9.66. The molecule has 0 aliphatic heterocycles. The third kappa shape index (κ3) is 8.96. The standard InChI is InChI=1S/C22H36N2/c1-6-20-19(16-17-21(24-20)23-7-2)15-13-11-9-8-10-12-14-18-22(3,4)5/h2,16-17H,6,8-15,18H2,1,3-5H3,(H,23,24). The van der Waals surface area contributed by atoms with E-state index in [-0.39, 0.29) is 0 Å². The second-order valence-corrected chi connectivity index (χ2v) is 7.96. The van der Waals surface area contributed by atoms with Crippen LogP contribution in [0.15, 0.2) is 12.1 Å². The minimum absolute atomic E-state index is 0.496. The summed E-state index contributed by atoms with van der Waals surface area (Å²) in [4.78, 5) is 4.60. The number of hydrogen-bond donors (Lipinski definition) is 1. The van der Waals surface area contributed by atoms with Crippen LogP contribution in [0.1, 0.15) is 90.3 Å². The summed E-state index contributed by atoms with van der Waals surface area (Å²) in [6.07, 6.45) is 18.2. The van der Waals surface area contributed by atoms with E-state index in [1.165, 1.54) is 62.6 Å². The number of nitrogens with one attached hydrogen (secondary N) is 1. The van der Waals surface area contributed by atoms with Crippen LogP contribution in [0.25, 0.3) is 0 Å². The first-order valence-electron chi connectivity index (χ1n) is 9.66. The molecule has 0 amide bonds. The Kier molecular flexibility index (Phi) is 9.53. The smallest absolute Gasteiger partial charge is 0.137 e. The zero-order valence-corrected chi connectivity index (χ0v) is 16.3.